The van der Waals surface area contributed by atoms with Crippen LogP contribution in [-0.4, -0.2) is 11.5 Å². The third-order valence-corrected chi connectivity index (χ3v) is 3.78. The number of aromatic nitrogens is 1. The molecule has 1 aromatic heterocycles. The van der Waals surface area contributed by atoms with Crippen LogP contribution >= 0.6 is 0 Å². The minimum absolute atomic E-state index is 0.446. The molecule has 1 fully saturated rings. The minimum Gasteiger partial charge on any atom is -0.350 e. The Morgan fingerprint density at radius 2 is 2.05 bits per heavy atom. The molecule has 1 aliphatic heterocycles. The molecule has 2 heterocycles. The van der Waals surface area contributed by atoms with E-state index in [4.69, 9.17) is 5.73 Å². The Bertz CT molecular complexity index is 539. The second-order valence-electron chi connectivity index (χ2n) is 4.99. The summed E-state index contributed by atoms with van der Waals surface area (Å²) in [5.41, 5.74) is 8.23. The maximum absolute atomic E-state index is 5.72. The Balaban J connectivity index is 1.90. The lowest BCUT2D eigenvalue weighted by Crippen LogP contribution is -2.23. The van der Waals surface area contributed by atoms with Crippen molar-refractivity contribution in [3.8, 4) is 0 Å². The van der Waals surface area contributed by atoms with E-state index in [-0.39, 0.29) is 0 Å². The molecule has 0 saturated carbocycles. The van der Waals surface area contributed by atoms with E-state index >= 15 is 0 Å². The molecule has 0 aliphatic carbocycles. The zero-order valence-corrected chi connectivity index (χ0v) is 11.0. The van der Waals surface area contributed by atoms with E-state index in [1.165, 1.54) is 18.4 Å². The maximum atomic E-state index is 5.72. The molecule has 2 aromatic rings. The lowest BCUT2D eigenvalue weighted by molar-refractivity contribution is 0.711. The van der Waals surface area contributed by atoms with E-state index in [0.29, 0.717) is 12.6 Å². The molecule has 1 saturated heterocycles. The van der Waals surface area contributed by atoms with Crippen LogP contribution in [-0.2, 0) is 6.54 Å². The van der Waals surface area contributed by atoms with Gasteiger partial charge in [-0.2, -0.15) is 0 Å². The average molecular weight is 253 g/mol. The van der Waals surface area contributed by atoms with Gasteiger partial charge in [0.2, 0.25) is 0 Å². The quantitative estimate of drug-likeness (QED) is 0.914. The molecule has 19 heavy (non-hydrogen) atoms. The van der Waals surface area contributed by atoms with Crippen LogP contribution in [0.5, 0.6) is 0 Å². The molecule has 3 heteroatoms. The fourth-order valence-electron chi connectivity index (χ4n) is 2.81. The molecule has 2 N–H and O–H groups in total. The van der Waals surface area contributed by atoms with Crippen molar-refractivity contribution < 1.29 is 0 Å². The second-order valence-corrected chi connectivity index (χ2v) is 4.99. The van der Waals surface area contributed by atoms with Gasteiger partial charge in [-0.3, -0.25) is 0 Å². The molecule has 1 unspecified atom stereocenters. The summed E-state index contributed by atoms with van der Waals surface area (Å²) >= 11 is 0. The van der Waals surface area contributed by atoms with E-state index in [9.17, 15) is 0 Å². The summed E-state index contributed by atoms with van der Waals surface area (Å²) < 4.78 is 0. The van der Waals surface area contributed by atoms with Gasteiger partial charge in [-0.25, -0.2) is 4.98 Å². The van der Waals surface area contributed by atoms with E-state index < -0.39 is 0 Å². The zero-order chi connectivity index (χ0) is 13.1. The fraction of sp³-hybridized carbons (Fsp3) is 0.312. The third-order valence-electron chi connectivity index (χ3n) is 3.78. The first-order valence-corrected chi connectivity index (χ1v) is 6.85. The van der Waals surface area contributed by atoms with Crippen LogP contribution in [0.15, 0.2) is 48.7 Å². The van der Waals surface area contributed by atoms with Gasteiger partial charge in [-0.15, -0.1) is 0 Å². The fourth-order valence-corrected chi connectivity index (χ4v) is 2.81. The van der Waals surface area contributed by atoms with Gasteiger partial charge in [-0.1, -0.05) is 30.3 Å². The Morgan fingerprint density at radius 3 is 2.84 bits per heavy atom. The smallest absolute Gasteiger partial charge is 0.129 e. The molecule has 3 nitrogen and oxygen atoms in total. The molecule has 0 bridgehead atoms. The molecule has 3 rings (SSSR count). The molecule has 0 amide bonds. The standard InChI is InChI=1S/C16H19N3/c17-12-13-8-9-18-16(11-13)19-10-4-7-15(19)14-5-2-1-3-6-14/h1-3,5-6,8-9,11,15H,4,7,10,12,17H2. The van der Waals surface area contributed by atoms with Gasteiger partial charge in [-0.05, 0) is 36.1 Å². The summed E-state index contributed by atoms with van der Waals surface area (Å²) in [5, 5.41) is 0. The van der Waals surface area contributed by atoms with E-state index in [2.05, 4.69) is 46.3 Å². The van der Waals surface area contributed by atoms with Gasteiger partial charge in [0.1, 0.15) is 5.82 Å². The second kappa shape index (κ2) is 5.41. The number of pyridine rings is 1. The van der Waals surface area contributed by atoms with E-state index in [1.807, 2.05) is 12.3 Å². The lowest BCUT2D eigenvalue weighted by Gasteiger charge is -2.26. The van der Waals surface area contributed by atoms with Gasteiger partial charge >= 0.3 is 0 Å². The Morgan fingerprint density at radius 1 is 1.21 bits per heavy atom. The highest BCUT2D eigenvalue weighted by atomic mass is 15.2. The summed E-state index contributed by atoms with van der Waals surface area (Å²) in [6.45, 7) is 1.64. The van der Waals surface area contributed by atoms with Crippen molar-refractivity contribution in [2.24, 2.45) is 5.73 Å². The number of benzene rings is 1. The van der Waals surface area contributed by atoms with Crippen LogP contribution in [0.2, 0.25) is 0 Å². The molecule has 1 aromatic carbocycles. The van der Waals surface area contributed by atoms with Crippen LogP contribution < -0.4 is 10.6 Å². The van der Waals surface area contributed by atoms with Gasteiger partial charge in [0, 0.05) is 19.3 Å². The van der Waals surface area contributed by atoms with Gasteiger partial charge in [0.15, 0.2) is 0 Å². The molecular formula is C16H19N3. The van der Waals surface area contributed by atoms with Gasteiger partial charge in [0.05, 0.1) is 6.04 Å². The topological polar surface area (TPSA) is 42.1 Å². The largest absolute Gasteiger partial charge is 0.350 e. The molecule has 0 radical (unpaired) electrons. The van der Waals surface area contributed by atoms with Crippen LogP contribution in [0.1, 0.15) is 30.0 Å². The zero-order valence-electron chi connectivity index (χ0n) is 11.0. The van der Waals surface area contributed by atoms with Gasteiger partial charge < -0.3 is 10.6 Å². The molecular weight excluding hydrogens is 234 g/mol. The first-order valence-electron chi connectivity index (χ1n) is 6.85. The number of anilines is 1. The van der Waals surface area contributed by atoms with Crippen molar-refractivity contribution in [2.75, 3.05) is 11.4 Å². The lowest BCUT2D eigenvalue weighted by atomic mass is 10.0. The number of nitrogens with two attached hydrogens (primary N) is 1. The van der Waals surface area contributed by atoms with E-state index in [0.717, 1.165) is 17.9 Å². The van der Waals surface area contributed by atoms with Crippen molar-refractivity contribution >= 4 is 5.82 Å². The summed E-state index contributed by atoms with van der Waals surface area (Å²) in [4.78, 5) is 6.91. The monoisotopic (exact) mass is 253 g/mol. The van der Waals surface area contributed by atoms with Crippen molar-refractivity contribution in [2.45, 2.75) is 25.4 Å². The summed E-state index contributed by atoms with van der Waals surface area (Å²) in [7, 11) is 0. The summed E-state index contributed by atoms with van der Waals surface area (Å²) in [5.74, 6) is 1.05. The average Bonchev–Trinajstić information content (AvgIpc) is 2.98. The predicted molar refractivity (Wildman–Crippen MR) is 77.9 cm³/mol. The summed E-state index contributed by atoms with van der Waals surface area (Å²) in [6.07, 6.45) is 4.27. The van der Waals surface area contributed by atoms with Crippen LogP contribution in [0.3, 0.4) is 0 Å². The van der Waals surface area contributed by atoms with Gasteiger partial charge in [0.25, 0.3) is 0 Å². The summed E-state index contributed by atoms with van der Waals surface area (Å²) in [6, 6.07) is 15.2. The van der Waals surface area contributed by atoms with Crippen molar-refractivity contribution in [1.29, 1.82) is 0 Å². The van der Waals surface area contributed by atoms with Crippen LogP contribution in [0.4, 0.5) is 5.82 Å². The molecule has 1 atom stereocenters. The first kappa shape index (κ1) is 12.2. The predicted octanol–water partition coefficient (Wildman–Crippen LogP) is 2.88. The van der Waals surface area contributed by atoms with Crippen LogP contribution in [0.25, 0.3) is 0 Å². The molecule has 0 spiro atoms. The number of rotatable bonds is 3. The Labute approximate surface area is 114 Å². The Kier molecular flexibility index (Phi) is 3.47. The number of hydrogen-bond acceptors (Lipinski definition) is 3. The Hall–Kier alpha value is -1.87. The van der Waals surface area contributed by atoms with E-state index in [1.54, 1.807) is 0 Å². The van der Waals surface area contributed by atoms with Crippen molar-refractivity contribution in [3.63, 3.8) is 0 Å². The highest BCUT2D eigenvalue weighted by molar-refractivity contribution is 5.45. The molecule has 98 valence electrons. The first-order chi connectivity index (χ1) is 9.38. The molecule has 1 aliphatic rings. The highest BCUT2D eigenvalue weighted by Gasteiger charge is 2.26. The normalized spacial score (nSPS) is 18.8. The van der Waals surface area contributed by atoms with Crippen molar-refractivity contribution in [3.05, 3.63) is 59.8 Å². The number of nitrogens with zero attached hydrogens (tertiary/aromatic N) is 2. The third kappa shape index (κ3) is 2.47. The van der Waals surface area contributed by atoms with Crippen molar-refractivity contribution in [1.82, 2.24) is 4.98 Å². The number of hydrogen-bond donors (Lipinski definition) is 1. The van der Waals surface area contributed by atoms with Crippen LogP contribution in [0, 0.1) is 0 Å². The maximum Gasteiger partial charge on any atom is 0.129 e. The highest BCUT2D eigenvalue weighted by Crippen LogP contribution is 2.35. The minimum atomic E-state index is 0.446. The SMILES string of the molecule is NCc1ccnc(N2CCCC2c2ccccc2)c1.